The molecule has 1 unspecified atom stereocenters. The van der Waals surface area contributed by atoms with Gasteiger partial charge in [-0.25, -0.2) is 4.39 Å². The van der Waals surface area contributed by atoms with E-state index < -0.39 is 5.79 Å². The molecule has 1 saturated heterocycles. The molecule has 1 fully saturated rings. The molecule has 74 valence electrons. The van der Waals surface area contributed by atoms with Gasteiger partial charge in [0.1, 0.15) is 0 Å². The normalized spacial score (nSPS) is 33.1. The number of allylic oxidation sites excluding steroid dienone is 2. The molecule has 0 aromatic carbocycles. The summed E-state index contributed by atoms with van der Waals surface area (Å²) in [4.78, 5) is 0. The summed E-state index contributed by atoms with van der Waals surface area (Å²) in [6, 6.07) is 0. The van der Waals surface area contributed by atoms with Crippen molar-refractivity contribution in [3.8, 4) is 0 Å². The van der Waals surface area contributed by atoms with Crippen molar-refractivity contribution >= 4 is 0 Å². The Morgan fingerprint density at radius 1 is 1.46 bits per heavy atom. The van der Waals surface area contributed by atoms with Crippen molar-refractivity contribution < 1.29 is 13.9 Å². The molecular formula is C10H15FO2. The Morgan fingerprint density at radius 3 is 2.69 bits per heavy atom. The van der Waals surface area contributed by atoms with Gasteiger partial charge in [-0.3, -0.25) is 0 Å². The molecule has 0 amide bonds. The van der Waals surface area contributed by atoms with Crippen LogP contribution in [-0.2, 0) is 9.47 Å². The van der Waals surface area contributed by atoms with Crippen LogP contribution in [-0.4, -0.2) is 19.0 Å². The van der Waals surface area contributed by atoms with Gasteiger partial charge in [0.2, 0.25) is 0 Å². The minimum atomic E-state index is -0.461. The summed E-state index contributed by atoms with van der Waals surface area (Å²) in [7, 11) is 0. The maximum absolute atomic E-state index is 12.7. The average molecular weight is 186 g/mol. The summed E-state index contributed by atoms with van der Waals surface area (Å²) in [5.74, 6) is -0.135. The molecule has 0 spiro atoms. The minimum Gasteiger partial charge on any atom is -0.348 e. The Kier molecular flexibility index (Phi) is 2.39. The molecule has 0 radical (unpaired) electrons. The monoisotopic (exact) mass is 186 g/mol. The van der Waals surface area contributed by atoms with Gasteiger partial charge in [-0.1, -0.05) is 6.08 Å². The largest absolute Gasteiger partial charge is 0.348 e. The van der Waals surface area contributed by atoms with E-state index in [-0.39, 0.29) is 5.83 Å². The first-order chi connectivity index (χ1) is 6.21. The van der Waals surface area contributed by atoms with E-state index in [0.717, 1.165) is 12.8 Å². The minimum absolute atomic E-state index is 0.0119. The van der Waals surface area contributed by atoms with Crippen molar-refractivity contribution in [3.63, 3.8) is 0 Å². The molecule has 2 aliphatic rings. The molecule has 2 rings (SSSR count). The third-order valence-electron chi connectivity index (χ3n) is 2.96. The number of hydrogen-bond donors (Lipinski definition) is 0. The van der Waals surface area contributed by atoms with E-state index in [4.69, 9.17) is 9.47 Å². The van der Waals surface area contributed by atoms with Crippen molar-refractivity contribution in [1.82, 2.24) is 0 Å². The van der Waals surface area contributed by atoms with E-state index in [1.807, 2.05) is 6.92 Å². The standard InChI is InChI=1S/C10H15FO2/c1-10(12-6-7-13-10)8-2-4-9(11)5-3-8/h4,8H,2-3,5-7H2,1H3. The highest BCUT2D eigenvalue weighted by Crippen LogP contribution is 2.37. The Bertz CT molecular complexity index is 219. The molecule has 13 heavy (non-hydrogen) atoms. The van der Waals surface area contributed by atoms with E-state index in [9.17, 15) is 4.39 Å². The summed E-state index contributed by atoms with van der Waals surface area (Å²) < 4.78 is 23.8. The van der Waals surface area contributed by atoms with E-state index >= 15 is 0 Å². The fraction of sp³-hybridized carbons (Fsp3) is 0.800. The Morgan fingerprint density at radius 2 is 2.15 bits per heavy atom. The molecule has 0 aromatic heterocycles. The molecule has 1 heterocycles. The Hall–Kier alpha value is -0.410. The molecule has 0 N–H and O–H groups in total. The van der Waals surface area contributed by atoms with Crippen LogP contribution in [0.4, 0.5) is 4.39 Å². The predicted octanol–water partition coefficient (Wildman–Crippen LogP) is 2.40. The number of hydrogen-bond acceptors (Lipinski definition) is 2. The summed E-state index contributed by atoms with van der Waals surface area (Å²) in [5, 5.41) is 0. The molecule has 1 aliphatic heterocycles. The van der Waals surface area contributed by atoms with Gasteiger partial charge in [-0.05, 0) is 26.2 Å². The van der Waals surface area contributed by atoms with Crippen LogP contribution in [0.2, 0.25) is 0 Å². The lowest BCUT2D eigenvalue weighted by molar-refractivity contribution is -0.183. The van der Waals surface area contributed by atoms with Gasteiger partial charge >= 0.3 is 0 Å². The molecule has 1 aliphatic carbocycles. The van der Waals surface area contributed by atoms with Gasteiger partial charge in [0.25, 0.3) is 0 Å². The van der Waals surface area contributed by atoms with E-state index in [1.54, 1.807) is 6.08 Å². The molecule has 3 heteroatoms. The molecule has 1 atom stereocenters. The summed E-state index contributed by atoms with van der Waals surface area (Å²) in [6.45, 7) is 3.29. The number of ether oxygens (including phenoxy) is 2. The van der Waals surface area contributed by atoms with Crippen molar-refractivity contribution in [2.75, 3.05) is 13.2 Å². The maximum Gasteiger partial charge on any atom is 0.168 e. The molecule has 2 nitrogen and oxygen atoms in total. The van der Waals surface area contributed by atoms with Gasteiger partial charge in [-0.2, -0.15) is 0 Å². The highest BCUT2D eigenvalue weighted by molar-refractivity contribution is 5.00. The second-order valence-corrected chi connectivity index (χ2v) is 3.84. The molecule has 0 saturated carbocycles. The second kappa shape index (κ2) is 3.39. The van der Waals surface area contributed by atoms with Gasteiger partial charge in [0, 0.05) is 5.92 Å². The van der Waals surface area contributed by atoms with Gasteiger partial charge in [0.05, 0.1) is 19.0 Å². The van der Waals surface area contributed by atoms with Crippen molar-refractivity contribution in [1.29, 1.82) is 0 Å². The van der Waals surface area contributed by atoms with Gasteiger partial charge in [-0.15, -0.1) is 0 Å². The van der Waals surface area contributed by atoms with Crippen LogP contribution in [0, 0.1) is 5.92 Å². The second-order valence-electron chi connectivity index (χ2n) is 3.84. The Labute approximate surface area is 77.7 Å². The van der Waals surface area contributed by atoms with E-state index in [1.165, 1.54) is 0 Å². The zero-order valence-corrected chi connectivity index (χ0v) is 7.88. The van der Waals surface area contributed by atoms with Crippen molar-refractivity contribution in [2.24, 2.45) is 5.92 Å². The first kappa shape index (κ1) is 9.16. The van der Waals surface area contributed by atoms with E-state index in [0.29, 0.717) is 25.6 Å². The maximum atomic E-state index is 12.7. The number of rotatable bonds is 1. The Balaban J connectivity index is 2.01. The van der Waals surface area contributed by atoms with Crippen LogP contribution in [0.5, 0.6) is 0 Å². The van der Waals surface area contributed by atoms with Gasteiger partial charge in [0.15, 0.2) is 5.79 Å². The molecule has 0 aromatic rings. The van der Waals surface area contributed by atoms with Crippen LogP contribution >= 0.6 is 0 Å². The fourth-order valence-electron chi connectivity index (χ4n) is 2.04. The van der Waals surface area contributed by atoms with Crippen LogP contribution < -0.4 is 0 Å². The highest BCUT2D eigenvalue weighted by atomic mass is 19.1. The van der Waals surface area contributed by atoms with Crippen LogP contribution in [0.25, 0.3) is 0 Å². The molecule has 0 bridgehead atoms. The lowest BCUT2D eigenvalue weighted by Gasteiger charge is -2.33. The third kappa shape index (κ3) is 1.76. The first-order valence-electron chi connectivity index (χ1n) is 4.83. The van der Waals surface area contributed by atoms with Crippen molar-refractivity contribution in [3.05, 3.63) is 11.9 Å². The highest BCUT2D eigenvalue weighted by Gasteiger charge is 2.39. The third-order valence-corrected chi connectivity index (χ3v) is 2.96. The van der Waals surface area contributed by atoms with Crippen LogP contribution in [0.3, 0.4) is 0 Å². The average Bonchev–Trinajstić information content (AvgIpc) is 2.54. The van der Waals surface area contributed by atoms with Gasteiger partial charge < -0.3 is 9.47 Å². The fourth-order valence-corrected chi connectivity index (χ4v) is 2.04. The number of halogens is 1. The first-order valence-corrected chi connectivity index (χ1v) is 4.83. The summed E-state index contributed by atoms with van der Waals surface area (Å²) in [5.41, 5.74) is 0. The smallest absolute Gasteiger partial charge is 0.168 e. The SMILES string of the molecule is CC1(C2CC=C(F)CC2)OCCO1. The zero-order chi connectivity index (χ0) is 9.31. The topological polar surface area (TPSA) is 18.5 Å². The van der Waals surface area contributed by atoms with Crippen LogP contribution in [0.1, 0.15) is 26.2 Å². The predicted molar refractivity (Wildman–Crippen MR) is 46.8 cm³/mol. The van der Waals surface area contributed by atoms with E-state index in [2.05, 4.69) is 0 Å². The zero-order valence-electron chi connectivity index (χ0n) is 7.88. The quantitative estimate of drug-likeness (QED) is 0.626. The summed E-state index contributed by atoms with van der Waals surface area (Å²) >= 11 is 0. The van der Waals surface area contributed by atoms with Crippen LogP contribution in [0.15, 0.2) is 11.9 Å². The molecular weight excluding hydrogens is 171 g/mol. The lowest BCUT2D eigenvalue weighted by Crippen LogP contribution is -2.36. The summed E-state index contributed by atoms with van der Waals surface area (Å²) in [6.07, 6.45) is 3.76. The van der Waals surface area contributed by atoms with Crippen molar-refractivity contribution in [2.45, 2.75) is 32.0 Å². The lowest BCUT2D eigenvalue weighted by atomic mass is 9.87.